The van der Waals surface area contributed by atoms with Gasteiger partial charge in [0.15, 0.2) is 8.32 Å². The van der Waals surface area contributed by atoms with Gasteiger partial charge in [-0.25, -0.2) is 31.8 Å². The molecule has 1 amide bonds. The molecule has 0 bridgehead atoms. The van der Waals surface area contributed by atoms with Crippen molar-refractivity contribution < 1.29 is 41.3 Å². The minimum Gasteiger partial charge on any atom is -0.443 e. The largest absolute Gasteiger partial charge is 0.443 e. The molecule has 0 radical (unpaired) electrons. The van der Waals surface area contributed by atoms with Crippen molar-refractivity contribution in [2.24, 2.45) is 4.99 Å². The predicted octanol–water partition coefficient (Wildman–Crippen LogP) is 4.28. The summed E-state index contributed by atoms with van der Waals surface area (Å²) in [5, 5.41) is 11.1. The van der Waals surface area contributed by atoms with Crippen LogP contribution in [0.1, 0.15) is 53.5 Å². The van der Waals surface area contributed by atoms with Gasteiger partial charge in [0.25, 0.3) is 0 Å². The zero-order chi connectivity index (χ0) is 32.1. The van der Waals surface area contributed by atoms with E-state index in [0.29, 0.717) is 0 Å². The number of sulfonamides is 1. The Morgan fingerprint density at radius 1 is 1.19 bits per heavy atom. The second kappa shape index (κ2) is 13.7. The molecule has 2 rings (SSSR count). The number of guanidine groups is 1. The average molecular weight is 634 g/mol. The van der Waals surface area contributed by atoms with Crippen molar-refractivity contribution in [1.82, 2.24) is 9.21 Å². The number of benzene rings is 1. The van der Waals surface area contributed by atoms with Gasteiger partial charge in [0.1, 0.15) is 23.7 Å². The van der Waals surface area contributed by atoms with Gasteiger partial charge in [-0.05, 0) is 45.0 Å². The van der Waals surface area contributed by atoms with Gasteiger partial charge in [-0.2, -0.15) is 0 Å². The number of halogens is 1. The highest BCUT2D eigenvalue weighted by Gasteiger charge is 2.49. The van der Waals surface area contributed by atoms with E-state index in [-0.39, 0.29) is 42.8 Å². The smallest absolute Gasteiger partial charge is 0.419 e. The molecular formula is C28H48FN3O8SSi. The third-order valence-corrected chi connectivity index (χ3v) is 13.7. The number of carbonyl (C=O) groups is 1. The number of amides is 1. The van der Waals surface area contributed by atoms with E-state index >= 15 is 4.39 Å². The number of nitrogens with zero attached hydrogens (tertiary/aromatic N) is 3. The van der Waals surface area contributed by atoms with Crippen LogP contribution < -0.4 is 0 Å². The van der Waals surface area contributed by atoms with E-state index in [1.54, 1.807) is 26.8 Å². The van der Waals surface area contributed by atoms with Crippen molar-refractivity contribution in [2.45, 2.75) is 83.3 Å². The number of hydrogen-bond acceptors (Lipinski definition) is 9. The molecule has 0 spiro atoms. The highest BCUT2D eigenvalue weighted by molar-refractivity contribution is 7.89. The van der Waals surface area contributed by atoms with Crippen LogP contribution in [0.25, 0.3) is 0 Å². The monoisotopic (exact) mass is 633 g/mol. The standard InChI is InChI=1S/C28H48FN3O8SSi/c1-26(2,3)40-25(34)32(20-38-16-15-37-8)24-30-28(19-41(35,36)31(24)7,22-13-11-12-14-23(22)29)17-21(33)18-39-42(9,10)27(4,5)6/h11-14,21,33H,15-20H2,1-10H3. The number of carbonyl (C=O) groups excluding carboxylic acids is 1. The molecule has 2 unspecified atom stereocenters. The molecule has 1 aliphatic heterocycles. The van der Waals surface area contributed by atoms with Gasteiger partial charge in [-0.1, -0.05) is 39.0 Å². The molecule has 0 aromatic heterocycles. The molecule has 11 nitrogen and oxygen atoms in total. The fraction of sp³-hybridized carbons (Fsp3) is 0.714. The van der Waals surface area contributed by atoms with E-state index in [0.717, 1.165) is 9.21 Å². The number of ether oxygens (including phenoxy) is 3. The number of aliphatic imine (C=N–C) groups is 1. The van der Waals surface area contributed by atoms with Crippen molar-refractivity contribution in [3.8, 4) is 0 Å². The van der Waals surface area contributed by atoms with Crippen molar-refractivity contribution in [3.63, 3.8) is 0 Å². The summed E-state index contributed by atoms with van der Waals surface area (Å²) in [6, 6.07) is 5.69. The summed E-state index contributed by atoms with van der Waals surface area (Å²) >= 11 is 0. The maximum Gasteiger partial charge on any atom is 0.419 e. The van der Waals surface area contributed by atoms with E-state index < -0.39 is 60.0 Å². The molecular weight excluding hydrogens is 585 g/mol. The van der Waals surface area contributed by atoms with Crippen molar-refractivity contribution in [1.29, 1.82) is 0 Å². The summed E-state index contributed by atoms with van der Waals surface area (Å²) in [5.74, 6) is -1.67. The molecule has 0 fully saturated rings. The van der Waals surface area contributed by atoms with Crippen LogP contribution in [-0.4, -0.2) is 101 Å². The minimum atomic E-state index is -4.19. The Bertz CT molecular complexity index is 1220. The summed E-state index contributed by atoms with van der Waals surface area (Å²) < 4.78 is 66.0. The number of hydrogen-bond donors (Lipinski definition) is 1. The predicted molar refractivity (Wildman–Crippen MR) is 162 cm³/mol. The van der Waals surface area contributed by atoms with Crippen LogP contribution in [0, 0.1) is 5.82 Å². The Kier molecular flexibility index (Phi) is 11.8. The van der Waals surface area contributed by atoms with E-state index in [1.807, 2.05) is 13.1 Å². The Labute approximate surface area is 251 Å². The number of methoxy groups -OCH3 is 1. The summed E-state index contributed by atoms with van der Waals surface area (Å²) in [4.78, 5) is 19.1. The van der Waals surface area contributed by atoms with Crippen molar-refractivity contribution >= 4 is 30.4 Å². The molecule has 0 saturated carbocycles. The van der Waals surface area contributed by atoms with Gasteiger partial charge < -0.3 is 23.7 Å². The minimum absolute atomic E-state index is 0.0324. The van der Waals surface area contributed by atoms with Gasteiger partial charge in [0.2, 0.25) is 16.0 Å². The molecule has 14 heteroatoms. The van der Waals surface area contributed by atoms with E-state index in [4.69, 9.17) is 23.6 Å². The fourth-order valence-corrected chi connectivity index (χ4v) is 6.58. The normalized spacial score (nSPS) is 20.2. The van der Waals surface area contributed by atoms with Crippen LogP contribution >= 0.6 is 0 Å². The summed E-state index contributed by atoms with van der Waals surface area (Å²) in [6.45, 7) is 15.1. The summed E-state index contributed by atoms with van der Waals surface area (Å²) in [5.41, 5.74) is -2.75. The molecule has 0 aliphatic carbocycles. The van der Waals surface area contributed by atoms with Crippen molar-refractivity contribution in [2.75, 3.05) is 46.5 Å². The molecule has 1 aromatic carbocycles. The lowest BCUT2D eigenvalue weighted by Crippen LogP contribution is -2.57. The number of rotatable bonds is 11. The first-order valence-corrected chi connectivity index (χ1v) is 18.4. The van der Waals surface area contributed by atoms with Crippen LogP contribution in [0.4, 0.5) is 9.18 Å². The Hall–Kier alpha value is -2.10. The second-order valence-corrected chi connectivity index (χ2v) is 19.8. The first-order valence-electron chi connectivity index (χ1n) is 13.9. The van der Waals surface area contributed by atoms with Gasteiger partial charge in [-0.3, -0.25) is 0 Å². The van der Waals surface area contributed by atoms with E-state index in [9.17, 15) is 18.3 Å². The zero-order valence-corrected chi connectivity index (χ0v) is 28.4. The van der Waals surface area contributed by atoms with Crippen LogP contribution in [-0.2, 0) is 34.2 Å². The molecule has 240 valence electrons. The zero-order valence-electron chi connectivity index (χ0n) is 26.6. The number of aliphatic hydroxyl groups excluding tert-OH is 1. The van der Waals surface area contributed by atoms with Crippen LogP contribution in [0.15, 0.2) is 29.3 Å². The topological polar surface area (TPSA) is 127 Å². The second-order valence-electron chi connectivity index (χ2n) is 13.0. The molecule has 1 N–H and O–H groups in total. The highest BCUT2D eigenvalue weighted by Crippen LogP contribution is 2.40. The Morgan fingerprint density at radius 2 is 1.81 bits per heavy atom. The van der Waals surface area contributed by atoms with Gasteiger partial charge >= 0.3 is 6.09 Å². The van der Waals surface area contributed by atoms with E-state index in [2.05, 4.69) is 20.8 Å². The molecule has 0 saturated heterocycles. The highest BCUT2D eigenvalue weighted by atomic mass is 32.2. The van der Waals surface area contributed by atoms with Crippen molar-refractivity contribution in [3.05, 3.63) is 35.6 Å². The lowest BCUT2D eigenvalue weighted by molar-refractivity contribution is -0.00435. The third kappa shape index (κ3) is 9.20. The first-order chi connectivity index (χ1) is 19.2. The SMILES string of the molecule is COCCOCN(C(=O)OC(C)(C)C)C1=NC(CC(O)CO[Si](C)(C)C(C)(C)C)(c2ccccc2F)CS(=O)(=O)N1C. The third-order valence-electron chi connectivity index (χ3n) is 7.33. The first kappa shape index (κ1) is 36.1. The Balaban J connectivity index is 2.68. The molecule has 2 atom stereocenters. The van der Waals surface area contributed by atoms with E-state index in [1.165, 1.54) is 32.4 Å². The van der Waals surface area contributed by atoms with Crippen LogP contribution in [0.2, 0.25) is 18.1 Å². The molecule has 1 heterocycles. The number of aliphatic hydroxyl groups is 1. The molecule has 42 heavy (non-hydrogen) atoms. The van der Waals surface area contributed by atoms with Crippen LogP contribution in [0.3, 0.4) is 0 Å². The molecule has 1 aromatic rings. The van der Waals surface area contributed by atoms with Gasteiger partial charge in [0, 0.05) is 26.1 Å². The van der Waals surface area contributed by atoms with Gasteiger partial charge in [-0.15, -0.1) is 0 Å². The average Bonchev–Trinajstić information content (AvgIpc) is 2.83. The quantitative estimate of drug-likeness (QED) is 0.217. The van der Waals surface area contributed by atoms with Gasteiger partial charge in [0.05, 0.1) is 31.7 Å². The lowest BCUT2D eigenvalue weighted by Gasteiger charge is -2.42. The lowest BCUT2D eigenvalue weighted by atomic mass is 9.86. The molecule has 1 aliphatic rings. The maximum atomic E-state index is 15.4. The maximum absolute atomic E-state index is 15.4. The Morgan fingerprint density at radius 3 is 2.36 bits per heavy atom. The summed E-state index contributed by atoms with van der Waals surface area (Å²) in [6.07, 6.45) is -2.40. The fourth-order valence-electron chi connectivity index (χ4n) is 4.02. The summed E-state index contributed by atoms with van der Waals surface area (Å²) in [7, 11) is -3.72. The van der Waals surface area contributed by atoms with Crippen LogP contribution in [0.5, 0.6) is 0 Å².